The van der Waals surface area contributed by atoms with Gasteiger partial charge in [-0.3, -0.25) is 4.79 Å². The van der Waals surface area contributed by atoms with E-state index < -0.39 is 5.60 Å². The highest BCUT2D eigenvalue weighted by molar-refractivity contribution is 5.95. The van der Waals surface area contributed by atoms with E-state index in [9.17, 15) is 9.90 Å². The molecule has 0 radical (unpaired) electrons. The summed E-state index contributed by atoms with van der Waals surface area (Å²) in [5, 5.41) is 10.8. The van der Waals surface area contributed by atoms with E-state index in [1.807, 2.05) is 17.9 Å². The van der Waals surface area contributed by atoms with E-state index in [1.165, 1.54) is 0 Å². The predicted octanol–water partition coefficient (Wildman–Crippen LogP) is 3.78. The first-order valence-corrected chi connectivity index (χ1v) is 9.14. The average molecular weight is 319 g/mol. The first-order chi connectivity index (χ1) is 11.0. The molecule has 0 aromatic carbocycles. The van der Waals surface area contributed by atoms with Crippen molar-refractivity contribution in [3.8, 4) is 0 Å². The molecule has 1 saturated carbocycles. The molecule has 1 aliphatic carbocycles. The Labute approximate surface area is 138 Å². The third-order valence-corrected chi connectivity index (χ3v) is 5.72. The van der Waals surface area contributed by atoms with Crippen LogP contribution < -0.4 is 0 Å². The summed E-state index contributed by atoms with van der Waals surface area (Å²) in [5.74, 6) is 1.09. The minimum atomic E-state index is -0.644. The maximum atomic E-state index is 13.1. The highest BCUT2D eigenvalue weighted by atomic mass is 16.3. The second-order valence-corrected chi connectivity index (χ2v) is 7.43. The standard InChI is InChI=1S/C19H29NO3/c1-3-7-17-14(10-13-23-17)18(21)20-12-6-9-16(20)15-8-4-5-11-19(15,2)22/h10,13,15-16,22H,3-9,11-12H2,1-2H3/t15-,16+,19+/m0/s1. The van der Waals surface area contributed by atoms with Crippen LogP contribution >= 0.6 is 0 Å². The fourth-order valence-corrected chi connectivity index (χ4v) is 4.52. The molecular weight excluding hydrogens is 290 g/mol. The van der Waals surface area contributed by atoms with E-state index >= 15 is 0 Å². The fourth-order valence-electron chi connectivity index (χ4n) is 4.52. The Kier molecular flexibility index (Phi) is 4.81. The number of carbonyl (C=O) groups is 1. The lowest BCUT2D eigenvalue weighted by atomic mass is 9.72. The molecular formula is C19H29NO3. The van der Waals surface area contributed by atoms with Crippen LogP contribution in [0.4, 0.5) is 0 Å². The van der Waals surface area contributed by atoms with Gasteiger partial charge in [0.05, 0.1) is 17.4 Å². The summed E-state index contributed by atoms with van der Waals surface area (Å²) < 4.78 is 5.51. The largest absolute Gasteiger partial charge is 0.469 e. The Morgan fingerprint density at radius 2 is 2.22 bits per heavy atom. The normalized spacial score (nSPS) is 31.5. The van der Waals surface area contributed by atoms with Crippen LogP contribution in [-0.4, -0.2) is 34.1 Å². The first kappa shape index (κ1) is 16.6. The Bertz CT molecular complexity index is 549. The minimum absolute atomic E-state index is 0.0890. The van der Waals surface area contributed by atoms with Gasteiger partial charge in [0.25, 0.3) is 5.91 Å². The summed E-state index contributed by atoms with van der Waals surface area (Å²) >= 11 is 0. The van der Waals surface area contributed by atoms with E-state index in [0.717, 1.165) is 63.7 Å². The van der Waals surface area contributed by atoms with Gasteiger partial charge in [0.1, 0.15) is 5.76 Å². The fraction of sp³-hybridized carbons (Fsp3) is 0.737. The second-order valence-electron chi connectivity index (χ2n) is 7.43. The number of likely N-dealkylation sites (tertiary alicyclic amines) is 1. The van der Waals surface area contributed by atoms with Crippen molar-refractivity contribution in [1.29, 1.82) is 0 Å². The minimum Gasteiger partial charge on any atom is -0.469 e. The monoisotopic (exact) mass is 319 g/mol. The number of nitrogens with zero attached hydrogens (tertiary/aromatic N) is 1. The number of amides is 1. The van der Waals surface area contributed by atoms with Gasteiger partial charge >= 0.3 is 0 Å². The van der Waals surface area contributed by atoms with Crippen molar-refractivity contribution in [3.05, 3.63) is 23.7 Å². The molecule has 0 bridgehead atoms. The van der Waals surface area contributed by atoms with Crippen LogP contribution in [0.1, 0.15) is 74.9 Å². The SMILES string of the molecule is CCCc1occc1C(=O)N1CCC[C@@H]1[C@@H]1CCCC[C@@]1(C)O. The van der Waals surface area contributed by atoms with E-state index in [2.05, 4.69) is 6.92 Å². The van der Waals surface area contributed by atoms with Crippen molar-refractivity contribution in [1.82, 2.24) is 4.90 Å². The molecule has 2 heterocycles. The van der Waals surface area contributed by atoms with Crippen LogP contribution in [0.3, 0.4) is 0 Å². The van der Waals surface area contributed by atoms with Gasteiger partial charge in [-0.15, -0.1) is 0 Å². The van der Waals surface area contributed by atoms with E-state index in [4.69, 9.17) is 4.42 Å². The molecule has 1 aromatic rings. The quantitative estimate of drug-likeness (QED) is 0.919. The molecule has 4 heteroatoms. The Balaban J connectivity index is 1.81. The van der Waals surface area contributed by atoms with Crippen LogP contribution in [0, 0.1) is 5.92 Å². The summed E-state index contributed by atoms with van der Waals surface area (Å²) in [4.78, 5) is 15.1. The van der Waals surface area contributed by atoms with Crippen LogP contribution in [-0.2, 0) is 6.42 Å². The zero-order valence-electron chi connectivity index (χ0n) is 14.4. The van der Waals surface area contributed by atoms with Gasteiger partial charge in [0.2, 0.25) is 0 Å². The van der Waals surface area contributed by atoms with Crippen LogP contribution in [0.2, 0.25) is 0 Å². The van der Waals surface area contributed by atoms with Gasteiger partial charge in [0, 0.05) is 24.9 Å². The molecule has 128 valence electrons. The number of carbonyl (C=O) groups excluding carboxylic acids is 1. The van der Waals surface area contributed by atoms with Gasteiger partial charge in [-0.05, 0) is 45.1 Å². The zero-order chi connectivity index (χ0) is 16.4. The molecule has 1 N–H and O–H groups in total. The molecule has 2 aliphatic rings. The maximum absolute atomic E-state index is 13.1. The molecule has 4 nitrogen and oxygen atoms in total. The zero-order valence-corrected chi connectivity index (χ0v) is 14.4. The average Bonchev–Trinajstić information content (AvgIpc) is 3.15. The molecule has 0 spiro atoms. The molecule has 1 aromatic heterocycles. The van der Waals surface area contributed by atoms with Crippen molar-refractivity contribution in [2.24, 2.45) is 5.92 Å². The number of furan rings is 1. The van der Waals surface area contributed by atoms with Crippen LogP contribution in [0.5, 0.6) is 0 Å². The van der Waals surface area contributed by atoms with E-state index in [0.29, 0.717) is 5.56 Å². The van der Waals surface area contributed by atoms with Gasteiger partial charge in [-0.2, -0.15) is 0 Å². The Morgan fingerprint density at radius 3 is 2.96 bits per heavy atom. The number of aryl methyl sites for hydroxylation is 1. The first-order valence-electron chi connectivity index (χ1n) is 9.14. The van der Waals surface area contributed by atoms with Gasteiger partial charge in [0.15, 0.2) is 0 Å². The molecule has 3 atom stereocenters. The molecule has 1 aliphatic heterocycles. The molecule has 3 rings (SSSR count). The van der Waals surface area contributed by atoms with Gasteiger partial charge < -0.3 is 14.4 Å². The third kappa shape index (κ3) is 3.18. The summed E-state index contributed by atoms with van der Waals surface area (Å²) in [5.41, 5.74) is 0.0724. The highest BCUT2D eigenvalue weighted by Gasteiger charge is 2.45. The van der Waals surface area contributed by atoms with Crippen molar-refractivity contribution < 1.29 is 14.3 Å². The molecule has 0 unspecified atom stereocenters. The summed E-state index contributed by atoms with van der Waals surface area (Å²) in [6.07, 6.45) is 9.55. The Morgan fingerprint density at radius 1 is 1.39 bits per heavy atom. The van der Waals surface area contributed by atoms with E-state index in [-0.39, 0.29) is 17.9 Å². The second kappa shape index (κ2) is 6.68. The molecule has 1 saturated heterocycles. The summed E-state index contributed by atoms with van der Waals surface area (Å²) in [6, 6.07) is 1.98. The third-order valence-electron chi connectivity index (χ3n) is 5.72. The lowest BCUT2D eigenvalue weighted by Crippen LogP contribution is -2.50. The van der Waals surface area contributed by atoms with Crippen molar-refractivity contribution in [3.63, 3.8) is 0 Å². The number of hydrogen-bond donors (Lipinski definition) is 1. The van der Waals surface area contributed by atoms with Crippen LogP contribution in [0.25, 0.3) is 0 Å². The molecule has 2 fully saturated rings. The van der Waals surface area contributed by atoms with Gasteiger partial charge in [-0.25, -0.2) is 0 Å². The Hall–Kier alpha value is -1.29. The van der Waals surface area contributed by atoms with Crippen molar-refractivity contribution >= 4 is 5.91 Å². The van der Waals surface area contributed by atoms with E-state index in [1.54, 1.807) is 6.26 Å². The summed E-state index contributed by atoms with van der Waals surface area (Å²) in [6.45, 7) is 4.85. The number of hydrogen-bond acceptors (Lipinski definition) is 3. The van der Waals surface area contributed by atoms with Crippen molar-refractivity contribution in [2.45, 2.75) is 76.9 Å². The molecule has 1 amide bonds. The molecule has 23 heavy (non-hydrogen) atoms. The lowest BCUT2D eigenvalue weighted by Gasteiger charge is -2.43. The lowest BCUT2D eigenvalue weighted by molar-refractivity contribution is -0.0577. The number of aliphatic hydroxyl groups is 1. The summed E-state index contributed by atoms with van der Waals surface area (Å²) in [7, 11) is 0. The van der Waals surface area contributed by atoms with Crippen LogP contribution in [0.15, 0.2) is 16.7 Å². The highest BCUT2D eigenvalue weighted by Crippen LogP contribution is 2.41. The topological polar surface area (TPSA) is 53.7 Å². The predicted molar refractivity (Wildman–Crippen MR) is 89.3 cm³/mol. The number of rotatable bonds is 4. The maximum Gasteiger partial charge on any atom is 0.257 e. The van der Waals surface area contributed by atoms with Crippen molar-refractivity contribution in [2.75, 3.05) is 6.54 Å². The van der Waals surface area contributed by atoms with Gasteiger partial charge in [-0.1, -0.05) is 19.8 Å². The smallest absolute Gasteiger partial charge is 0.257 e.